The zero-order valence-electron chi connectivity index (χ0n) is 12.6. The second-order valence-corrected chi connectivity index (χ2v) is 6.23. The van der Waals surface area contributed by atoms with Crippen LogP contribution in [0.1, 0.15) is 59.3 Å². The van der Waals surface area contributed by atoms with Gasteiger partial charge in [-0.05, 0) is 44.9 Å². The van der Waals surface area contributed by atoms with E-state index in [-0.39, 0.29) is 18.2 Å². The van der Waals surface area contributed by atoms with Crippen molar-refractivity contribution >= 4 is 6.03 Å². The summed E-state index contributed by atoms with van der Waals surface area (Å²) in [6.45, 7) is 6.54. The topological polar surface area (TPSA) is 61.4 Å². The van der Waals surface area contributed by atoms with Crippen LogP contribution in [0.5, 0.6) is 0 Å². The van der Waals surface area contributed by atoms with Gasteiger partial charge in [0.05, 0.1) is 6.10 Å². The monoisotopic (exact) mass is 270 g/mol. The molecule has 112 valence electrons. The number of rotatable bonds is 6. The summed E-state index contributed by atoms with van der Waals surface area (Å²) in [5.41, 5.74) is 0. The Hall–Kier alpha value is -0.770. The van der Waals surface area contributed by atoms with Crippen LogP contribution >= 0.6 is 0 Å². The molecular formula is C15H30N2O2. The van der Waals surface area contributed by atoms with Crippen molar-refractivity contribution in [2.24, 2.45) is 11.8 Å². The maximum absolute atomic E-state index is 11.8. The molecule has 2 amide bonds. The fraction of sp³-hybridized carbons (Fsp3) is 0.933. The van der Waals surface area contributed by atoms with Crippen LogP contribution in [0.25, 0.3) is 0 Å². The van der Waals surface area contributed by atoms with E-state index in [1.807, 2.05) is 6.92 Å². The molecule has 4 nitrogen and oxygen atoms in total. The van der Waals surface area contributed by atoms with Gasteiger partial charge in [-0.15, -0.1) is 0 Å². The molecule has 0 aromatic heterocycles. The minimum atomic E-state index is -0.305. The first-order valence-electron chi connectivity index (χ1n) is 7.71. The normalized spacial score (nSPS) is 21.5. The van der Waals surface area contributed by atoms with Crippen LogP contribution in [0, 0.1) is 11.8 Å². The van der Waals surface area contributed by atoms with Gasteiger partial charge < -0.3 is 15.7 Å². The first-order chi connectivity index (χ1) is 8.99. The standard InChI is InChI=1S/C15H30N2O2/c1-11(9-12(2)18)10-16-15(19)17-13(3)14-7-5-4-6-8-14/h11-14,18H,4-10H2,1-3H3,(H2,16,17,19). The maximum atomic E-state index is 11.8. The summed E-state index contributed by atoms with van der Waals surface area (Å²) in [5, 5.41) is 15.2. The van der Waals surface area contributed by atoms with Gasteiger partial charge >= 0.3 is 6.03 Å². The first kappa shape index (κ1) is 16.3. The summed E-state index contributed by atoms with van der Waals surface area (Å²) in [6, 6.07) is 0.183. The van der Waals surface area contributed by atoms with E-state index in [4.69, 9.17) is 0 Å². The van der Waals surface area contributed by atoms with Gasteiger partial charge in [0, 0.05) is 12.6 Å². The highest BCUT2D eigenvalue weighted by atomic mass is 16.3. The molecule has 0 aliphatic heterocycles. The van der Waals surface area contributed by atoms with Gasteiger partial charge in [0.15, 0.2) is 0 Å². The lowest BCUT2D eigenvalue weighted by Crippen LogP contribution is -2.45. The minimum Gasteiger partial charge on any atom is -0.393 e. The van der Waals surface area contributed by atoms with Gasteiger partial charge in [-0.25, -0.2) is 4.79 Å². The molecule has 0 saturated heterocycles. The fourth-order valence-electron chi connectivity index (χ4n) is 2.94. The van der Waals surface area contributed by atoms with Crippen molar-refractivity contribution in [2.75, 3.05) is 6.54 Å². The summed E-state index contributed by atoms with van der Waals surface area (Å²) >= 11 is 0. The summed E-state index contributed by atoms with van der Waals surface area (Å²) in [7, 11) is 0. The molecule has 19 heavy (non-hydrogen) atoms. The minimum absolute atomic E-state index is 0.0736. The molecule has 1 aliphatic rings. The van der Waals surface area contributed by atoms with E-state index in [0.717, 1.165) is 6.42 Å². The van der Waals surface area contributed by atoms with Crippen molar-refractivity contribution in [2.45, 2.75) is 71.4 Å². The Morgan fingerprint density at radius 1 is 1.21 bits per heavy atom. The van der Waals surface area contributed by atoms with Crippen molar-refractivity contribution in [1.82, 2.24) is 10.6 Å². The van der Waals surface area contributed by atoms with Crippen molar-refractivity contribution in [3.63, 3.8) is 0 Å². The SMILES string of the molecule is CC(O)CC(C)CNC(=O)NC(C)C1CCCCC1. The molecule has 3 unspecified atom stereocenters. The van der Waals surface area contributed by atoms with Gasteiger partial charge in [-0.3, -0.25) is 0 Å². The van der Waals surface area contributed by atoms with Gasteiger partial charge in [0.1, 0.15) is 0 Å². The Kier molecular flexibility index (Phi) is 7.21. The molecule has 0 aromatic rings. The predicted octanol–water partition coefficient (Wildman–Crippen LogP) is 2.66. The number of carbonyl (C=O) groups is 1. The van der Waals surface area contributed by atoms with Gasteiger partial charge in [-0.2, -0.15) is 0 Å². The third kappa shape index (κ3) is 6.81. The number of hydrogen-bond donors (Lipinski definition) is 3. The molecule has 1 saturated carbocycles. The summed E-state index contributed by atoms with van der Waals surface area (Å²) < 4.78 is 0. The van der Waals surface area contributed by atoms with Gasteiger partial charge in [0.25, 0.3) is 0 Å². The third-order valence-electron chi connectivity index (χ3n) is 4.07. The average Bonchev–Trinajstić information content (AvgIpc) is 2.36. The first-order valence-corrected chi connectivity index (χ1v) is 7.71. The van der Waals surface area contributed by atoms with Gasteiger partial charge in [0.2, 0.25) is 0 Å². The van der Waals surface area contributed by atoms with Crippen molar-refractivity contribution in [3.8, 4) is 0 Å². The second kappa shape index (κ2) is 8.41. The highest BCUT2D eigenvalue weighted by molar-refractivity contribution is 5.74. The molecule has 0 bridgehead atoms. The van der Waals surface area contributed by atoms with Crippen LogP contribution < -0.4 is 10.6 Å². The van der Waals surface area contributed by atoms with Crippen molar-refractivity contribution < 1.29 is 9.90 Å². The van der Waals surface area contributed by atoms with Crippen LogP contribution in [0.2, 0.25) is 0 Å². The smallest absolute Gasteiger partial charge is 0.315 e. The van der Waals surface area contributed by atoms with Crippen LogP contribution in [0.15, 0.2) is 0 Å². The van der Waals surface area contributed by atoms with E-state index in [1.165, 1.54) is 32.1 Å². The highest BCUT2D eigenvalue weighted by Gasteiger charge is 2.21. The van der Waals surface area contributed by atoms with E-state index in [0.29, 0.717) is 18.4 Å². The number of carbonyl (C=O) groups excluding carboxylic acids is 1. The molecule has 1 aliphatic carbocycles. The lowest BCUT2D eigenvalue weighted by molar-refractivity contribution is 0.163. The number of amides is 2. The Labute approximate surface area is 117 Å². The Morgan fingerprint density at radius 2 is 1.84 bits per heavy atom. The molecule has 0 spiro atoms. The lowest BCUT2D eigenvalue weighted by atomic mass is 9.85. The van der Waals surface area contributed by atoms with E-state index in [1.54, 1.807) is 6.92 Å². The predicted molar refractivity (Wildman–Crippen MR) is 78.0 cm³/mol. The van der Waals surface area contributed by atoms with Crippen molar-refractivity contribution in [1.29, 1.82) is 0 Å². The molecule has 0 heterocycles. The molecule has 0 aromatic carbocycles. The largest absolute Gasteiger partial charge is 0.393 e. The van der Waals surface area contributed by atoms with E-state index in [2.05, 4.69) is 17.6 Å². The van der Waals surface area contributed by atoms with Gasteiger partial charge in [-0.1, -0.05) is 26.2 Å². The molecule has 0 radical (unpaired) electrons. The average molecular weight is 270 g/mol. The quantitative estimate of drug-likeness (QED) is 0.695. The molecule has 1 rings (SSSR count). The van der Waals surface area contributed by atoms with E-state index < -0.39 is 0 Å². The zero-order chi connectivity index (χ0) is 14.3. The van der Waals surface area contributed by atoms with Crippen LogP contribution in [0.3, 0.4) is 0 Å². The number of nitrogens with one attached hydrogen (secondary N) is 2. The number of aliphatic hydroxyl groups excluding tert-OH is 1. The fourth-order valence-corrected chi connectivity index (χ4v) is 2.94. The molecule has 3 atom stereocenters. The summed E-state index contributed by atoms with van der Waals surface area (Å²) in [5.74, 6) is 0.935. The van der Waals surface area contributed by atoms with Crippen LogP contribution in [-0.4, -0.2) is 29.8 Å². The lowest BCUT2D eigenvalue weighted by Gasteiger charge is -2.28. The molecule has 3 N–H and O–H groups in total. The Balaban J connectivity index is 2.19. The Morgan fingerprint density at radius 3 is 2.42 bits per heavy atom. The van der Waals surface area contributed by atoms with Crippen LogP contribution in [0.4, 0.5) is 4.79 Å². The molecular weight excluding hydrogens is 240 g/mol. The number of aliphatic hydroxyl groups is 1. The van der Waals surface area contributed by atoms with E-state index in [9.17, 15) is 9.90 Å². The number of urea groups is 1. The molecule has 4 heteroatoms. The number of hydrogen-bond acceptors (Lipinski definition) is 2. The second-order valence-electron chi connectivity index (χ2n) is 6.23. The summed E-state index contributed by atoms with van der Waals surface area (Å²) in [6.07, 6.45) is 6.82. The van der Waals surface area contributed by atoms with E-state index >= 15 is 0 Å². The highest BCUT2D eigenvalue weighted by Crippen LogP contribution is 2.26. The van der Waals surface area contributed by atoms with Crippen LogP contribution in [-0.2, 0) is 0 Å². The summed E-state index contributed by atoms with van der Waals surface area (Å²) in [4.78, 5) is 11.8. The zero-order valence-corrected chi connectivity index (χ0v) is 12.6. The van der Waals surface area contributed by atoms with Crippen molar-refractivity contribution in [3.05, 3.63) is 0 Å². The maximum Gasteiger partial charge on any atom is 0.315 e. The third-order valence-corrected chi connectivity index (χ3v) is 4.07. The molecule has 1 fully saturated rings. The Bertz CT molecular complexity index is 263.